The van der Waals surface area contributed by atoms with Crippen molar-refractivity contribution >= 4 is 17.1 Å². The van der Waals surface area contributed by atoms with E-state index in [1.54, 1.807) is 6.07 Å². The van der Waals surface area contributed by atoms with Gasteiger partial charge in [-0.1, -0.05) is 0 Å². The van der Waals surface area contributed by atoms with Gasteiger partial charge in [0.25, 0.3) is 0 Å². The maximum atomic E-state index is 13.0. The monoisotopic (exact) mass is 311 g/mol. The average Bonchev–Trinajstić information content (AvgIpc) is 2.89. The molecule has 0 saturated carbocycles. The van der Waals surface area contributed by atoms with Crippen molar-refractivity contribution in [2.75, 3.05) is 0 Å². The molecule has 1 aliphatic carbocycles. The van der Waals surface area contributed by atoms with Crippen LogP contribution in [0.1, 0.15) is 44.1 Å². The number of thiophene rings is 1. The lowest BCUT2D eigenvalue weighted by Gasteiger charge is -2.10. The largest absolute Gasteiger partial charge is 0.417 e. The number of carbonyl (C=O) groups excluding carboxylic acids is 1. The summed E-state index contributed by atoms with van der Waals surface area (Å²) in [6.07, 6.45) is 1.46. The SMILES string of the molecule is O=C(c1cc2c(s1)CCCC2)c1cnccc1C(F)(F)F. The van der Waals surface area contributed by atoms with Crippen molar-refractivity contribution in [3.05, 3.63) is 51.0 Å². The summed E-state index contributed by atoms with van der Waals surface area (Å²) in [5, 5.41) is 0. The van der Waals surface area contributed by atoms with Crippen molar-refractivity contribution in [3.8, 4) is 0 Å². The number of halogens is 3. The van der Waals surface area contributed by atoms with E-state index in [4.69, 9.17) is 0 Å². The molecule has 6 heteroatoms. The molecule has 0 amide bonds. The van der Waals surface area contributed by atoms with Gasteiger partial charge in [-0.05, 0) is 43.4 Å². The Morgan fingerprint density at radius 1 is 1.24 bits per heavy atom. The van der Waals surface area contributed by atoms with Gasteiger partial charge in [0.1, 0.15) is 0 Å². The molecule has 0 fully saturated rings. The van der Waals surface area contributed by atoms with E-state index >= 15 is 0 Å². The highest BCUT2D eigenvalue weighted by Crippen LogP contribution is 2.35. The predicted molar refractivity (Wildman–Crippen MR) is 73.6 cm³/mol. The maximum Gasteiger partial charge on any atom is 0.417 e. The molecule has 0 spiro atoms. The summed E-state index contributed by atoms with van der Waals surface area (Å²) in [5.41, 5.74) is -0.190. The first-order chi connectivity index (χ1) is 9.97. The van der Waals surface area contributed by atoms with Gasteiger partial charge in [0.2, 0.25) is 5.78 Å². The molecule has 0 bridgehead atoms. The second-order valence-electron chi connectivity index (χ2n) is 5.01. The Kier molecular flexibility index (Phi) is 3.57. The summed E-state index contributed by atoms with van der Waals surface area (Å²) in [4.78, 5) is 17.6. The average molecular weight is 311 g/mol. The molecule has 0 atom stereocenters. The van der Waals surface area contributed by atoms with Gasteiger partial charge in [-0.2, -0.15) is 13.2 Å². The van der Waals surface area contributed by atoms with Gasteiger partial charge < -0.3 is 0 Å². The van der Waals surface area contributed by atoms with Crippen LogP contribution in [-0.2, 0) is 19.0 Å². The number of aryl methyl sites for hydroxylation is 2. The molecule has 0 aromatic carbocycles. The Bertz CT molecular complexity index is 667. The van der Waals surface area contributed by atoms with Crippen molar-refractivity contribution in [2.45, 2.75) is 31.9 Å². The summed E-state index contributed by atoms with van der Waals surface area (Å²) in [6, 6.07) is 2.59. The standard InChI is InChI=1S/C15H12F3NOS/c16-15(17,18)11-5-6-19-8-10(11)14(20)13-7-9-3-1-2-4-12(9)21-13/h5-8H,1-4H2. The number of rotatable bonds is 2. The number of hydrogen-bond acceptors (Lipinski definition) is 3. The van der Waals surface area contributed by atoms with Crippen LogP contribution in [0.5, 0.6) is 0 Å². The minimum absolute atomic E-state index is 0.372. The fraction of sp³-hybridized carbons (Fsp3) is 0.333. The first kappa shape index (κ1) is 14.3. The van der Waals surface area contributed by atoms with Crippen LogP contribution in [0.2, 0.25) is 0 Å². The summed E-state index contributed by atoms with van der Waals surface area (Å²) in [6.45, 7) is 0. The van der Waals surface area contributed by atoms with Gasteiger partial charge in [-0.25, -0.2) is 0 Å². The summed E-state index contributed by atoms with van der Waals surface area (Å²) in [5.74, 6) is -0.588. The Balaban J connectivity index is 2.01. The van der Waals surface area contributed by atoms with E-state index in [9.17, 15) is 18.0 Å². The van der Waals surface area contributed by atoms with E-state index in [0.717, 1.165) is 54.6 Å². The van der Waals surface area contributed by atoms with Crippen LogP contribution in [0, 0.1) is 0 Å². The number of nitrogens with zero attached hydrogens (tertiary/aromatic N) is 1. The molecular weight excluding hydrogens is 299 g/mol. The number of alkyl halides is 3. The number of pyridine rings is 1. The molecule has 2 heterocycles. The second kappa shape index (κ2) is 5.26. The predicted octanol–water partition coefficient (Wildman–Crippen LogP) is 4.27. The molecule has 0 aliphatic heterocycles. The third-order valence-corrected chi connectivity index (χ3v) is 4.83. The number of hydrogen-bond donors (Lipinski definition) is 0. The maximum absolute atomic E-state index is 13.0. The van der Waals surface area contributed by atoms with Crippen LogP contribution in [-0.4, -0.2) is 10.8 Å². The first-order valence-corrected chi connectivity index (χ1v) is 7.46. The highest BCUT2D eigenvalue weighted by atomic mass is 32.1. The highest BCUT2D eigenvalue weighted by molar-refractivity contribution is 7.14. The quantitative estimate of drug-likeness (QED) is 0.775. The van der Waals surface area contributed by atoms with Gasteiger partial charge in [-0.15, -0.1) is 11.3 Å². The minimum Gasteiger partial charge on any atom is -0.288 e. The number of carbonyl (C=O) groups is 1. The minimum atomic E-state index is -4.55. The number of fused-ring (bicyclic) bond motifs is 1. The fourth-order valence-electron chi connectivity index (χ4n) is 2.56. The molecule has 0 radical (unpaired) electrons. The van der Waals surface area contributed by atoms with Crippen molar-refractivity contribution in [1.82, 2.24) is 4.98 Å². The van der Waals surface area contributed by atoms with Crippen molar-refractivity contribution in [2.24, 2.45) is 0 Å². The Labute approximate surface area is 123 Å². The zero-order chi connectivity index (χ0) is 15.0. The molecule has 0 saturated heterocycles. The molecule has 0 unspecified atom stereocenters. The normalized spacial score (nSPS) is 14.8. The smallest absolute Gasteiger partial charge is 0.288 e. The van der Waals surface area contributed by atoms with E-state index in [0.29, 0.717) is 4.88 Å². The third kappa shape index (κ3) is 2.72. The van der Waals surface area contributed by atoms with Crippen LogP contribution >= 0.6 is 11.3 Å². The van der Waals surface area contributed by atoms with E-state index in [2.05, 4.69) is 4.98 Å². The second-order valence-corrected chi connectivity index (χ2v) is 6.15. The van der Waals surface area contributed by atoms with E-state index in [1.807, 2.05) is 0 Å². The summed E-state index contributed by atoms with van der Waals surface area (Å²) in [7, 11) is 0. The van der Waals surface area contributed by atoms with Crippen molar-refractivity contribution in [1.29, 1.82) is 0 Å². The van der Waals surface area contributed by atoms with E-state index in [1.165, 1.54) is 11.3 Å². The topological polar surface area (TPSA) is 30.0 Å². The van der Waals surface area contributed by atoms with Crippen LogP contribution in [0.4, 0.5) is 13.2 Å². The van der Waals surface area contributed by atoms with E-state index < -0.39 is 17.5 Å². The lowest BCUT2D eigenvalue weighted by molar-refractivity contribution is -0.137. The lowest BCUT2D eigenvalue weighted by Crippen LogP contribution is -2.13. The molecular formula is C15H12F3NOS. The lowest BCUT2D eigenvalue weighted by atomic mass is 9.98. The number of ketones is 1. The van der Waals surface area contributed by atoms with Gasteiger partial charge in [0, 0.05) is 17.3 Å². The molecule has 0 N–H and O–H groups in total. The zero-order valence-electron chi connectivity index (χ0n) is 11.0. The van der Waals surface area contributed by atoms with Crippen LogP contribution in [0.25, 0.3) is 0 Å². The van der Waals surface area contributed by atoms with Crippen molar-refractivity contribution in [3.63, 3.8) is 0 Å². The highest BCUT2D eigenvalue weighted by Gasteiger charge is 2.35. The van der Waals surface area contributed by atoms with Gasteiger partial charge in [-0.3, -0.25) is 9.78 Å². The van der Waals surface area contributed by atoms with Crippen molar-refractivity contribution < 1.29 is 18.0 Å². The molecule has 21 heavy (non-hydrogen) atoms. The van der Waals surface area contributed by atoms with Gasteiger partial charge in [0.05, 0.1) is 16.0 Å². The molecule has 110 valence electrons. The molecule has 3 rings (SSSR count). The van der Waals surface area contributed by atoms with Crippen LogP contribution in [0.15, 0.2) is 24.5 Å². The van der Waals surface area contributed by atoms with Crippen LogP contribution in [0.3, 0.4) is 0 Å². The number of aromatic nitrogens is 1. The van der Waals surface area contributed by atoms with Gasteiger partial charge >= 0.3 is 6.18 Å². The Morgan fingerprint density at radius 2 is 2.00 bits per heavy atom. The van der Waals surface area contributed by atoms with Gasteiger partial charge in [0.15, 0.2) is 0 Å². The summed E-state index contributed by atoms with van der Waals surface area (Å²) >= 11 is 1.31. The summed E-state index contributed by atoms with van der Waals surface area (Å²) < 4.78 is 38.9. The Hall–Kier alpha value is -1.69. The Morgan fingerprint density at radius 3 is 2.71 bits per heavy atom. The van der Waals surface area contributed by atoms with Crippen LogP contribution < -0.4 is 0 Å². The molecule has 2 aromatic rings. The molecule has 2 nitrogen and oxygen atoms in total. The molecule has 1 aliphatic rings. The fourth-order valence-corrected chi connectivity index (χ4v) is 3.77. The first-order valence-electron chi connectivity index (χ1n) is 6.64. The van der Waals surface area contributed by atoms with E-state index in [-0.39, 0.29) is 5.56 Å². The third-order valence-electron chi connectivity index (χ3n) is 3.59. The molecule has 2 aromatic heterocycles. The zero-order valence-corrected chi connectivity index (χ0v) is 11.9.